The number of nitrogens with zero attached hydrogens (tertiary/aromatic N) is 3. The van der Waals surface area contributed by atoms with Crippen LogP contribution < -0.4 is 15.4 Å². The zero-order valence-corrected chi connectivity index (χ0v) is 17.7. The summed E-state index contributed by atoms with van der Waals surface area (Å²) < 4.78 is 5.64. The third kappa shape index (κ3) is 3.64. The normalized spacial score (nSPS) is 15.6. The number of H-pyrrole nitrogens is 1. The molecule has 5 rings (SSSR count). The van der Waals surface area contributed by atoms with Crippen LogP contribution in [0.1, 0.15) is 41.5 Å². The highest BCUT2D eigenvalue weighted by molar-refractivity contribution is 5.75. The minimum atomic E-state index is 0.149. The Morgan fingerprint density at radius 2 is 2.03 bits per heavy atom. The highest BCUT2D eigenvalue weighted by Gasteiger charge is 2.30. The second kappa shape index (κ2) is 8.40. The van der Waals surface area contributed by atoms with Crippen molar-refractivity contribution in [1.29, 1.82) is 0 Å². The summed E-state index contributed by atoms with van der Waals surface area (Å²) >= 11 is 0. The van der Waals surface area contributed by atoms with Crippen molar-refractivity contribution in [3.05, 3.63) is 83.4 Å². The molecule has 0 saturated heterocycles. The SMILES string of the molecule is COc1cccc(N(Cc2nc3ccccc3[nH]2)C2CCCc3cccnc32)c1CN. The molecule has 0 bridgehead atoms. The van der Waals surface area contributed by atoms with Gasteiger partial charge in [0.15, 0.2) is 0 Å². The van der Waals surface area contributed by atoms with Crippen molar-refractivity contribution in [1.82, 2.24) is 15.0 Å². The van der Waals surface area contributed by atoms with Crippen molar-refractivity contribution in [2.45, 2.75) is 38.4 Å². The molecular weight excluding hydrogens is 386 g/mol. The fourth-order valence-electron chi connectivity index (χ4n) is 4.71. The van der Waals surface area contributed by atoms with Gasteiger partial charge in [-0.1, -0.05) is 24.3 Å². The largest absolute Gasteiger partial charge is 0.496 e. The van der Waals surface area contributed by atoms with Gasteiger partial charge < -0.3 is 20.4 Å². The van der Waals surface area contributed by atoms with Crippen molar-refractivity contribution in [2.24, 2.45) is 5.73 Å². The molecule has 2 aromatic heterocycles. The molecule has 1 atom stereocenters. The van der Waals surface area contributed by atoms with Crippen LogP contribution in [0.15, 0.2) is 60.8 Å². The van der Waals surface area contributed by atoms with Gasteiger partial charge in [-0.05, 0) is 55.2 Å². The van der Waals surface area contributed by atoms with E-state index in [1.807, 2.05) is 42.6 Å². The van der Waals surface area contributed by atoms with E-state index in [9.17, 15) is 0 Å². The number of ether oxygens (including phenoxy) is 1. The van der Waals surface area contributed by atoms with Gasteiger partial charge in [-0.2, -0.15) is 0 Å². The predicted octanol–water partition coefficient (Wildman–Crippen LogP) is 4.51. The average Bonchev–Trinajstić information content (AvgIpc) is 3.24. The molecular formula is C25H27N5O. The lowest BCUT2D eigenvalue weighted by atomic mass is 9.90. The fourth-order valence-corrected chi connectivity index (χ4v) is 4.71. The molecule has 0 amide bonds. The molecule has 1 aliphatic rings. The van der Waals surface area contributed by atoms with Crippen LogP contribution in [0.2, 0.25) is 0 Å². The van der Waals surface area contributed by atoms with Gasteiger partial charge >= 0.3 is 0 Å². The average molecular weight is 414 g/mol. The first-order chi connectivity index (χ1) is 15.3. The lowest BCUT2D eigenvalue weighted by Gasteiger charge is -2.37. The van der Waals surface area contributed by atoms with Gasteiger partial charge in [-0.25, -0.2) is 4.98 Å². The van der Waals surface area contributed by atoms with Crippen molar-refractivity contribution in [3.63, 3.8) is 0 Å². The van der Waals surface area contributed by atoms with Crippen molar-refractivity contribution >= 4 is 16.7 Å². The molecule has 6 heteroatoms. The first kappa shape index (κ1) is 19.6. The van der Waals surface area contributed by atoms with E-state index in [0.29, 0.717) is 13.1 Å². The maximum Gasteiger partial charge on any atom is 0.126 e. The van der Waals surface area contributed by atoms with Gasteiger partial charge in [0.1, 0.15) is 11.6 Å². The number of aryl methyl sites for hydroxylation is 1. The molecule has 0 saturated carbocycles. The second-order valence-corrected chi connectivity index (χ2v) is 7.95. The van der Waals surface area contributed by atoms with E-state index < -0.39 is 0 Å². The lowest BCUT2D eigenvalue weighted by Crippen LogP contribution is -2.33. The van der Waals surface area contributed by atoms with Crippen LogP contribution in [0, 0.1) is 0 Å². The van der Waals surface area contributed by atoms with Gasteiger partial charge in [0.05, 0.1) is 36.4 Å². The van der Waals surface area contributed by atoms with Crippen LogP contribution in [-0.2, 0) is 19.5 Å². The van der Waals surface area contributed by atoms with Crippen molar-refractivity contribution in [2.75, 3.05) is 12.0 Å². The Labute approximate surface area is 182 Å². The van der Waals surface area contributed by atoms with E-state index in [4.69, 9.17) is 20.4 Å². The molecule has 2 aromatic carbocycles. The third-order valence-electron chi connectivity index (χ3n) is 6.14. The monoisotopic (exact) mass is 413 g/mol. The van der Waals surface area contributed by atoms with Crippen LogP contribution in [-0.4, -0.2) is 22.1 Å². The number of imidazole rings is 1. The zero-order valence-electron chi connectivity index (χ0n) is 17.7. The molecule has 1 aliphatic carbocycles. The molecule has 2 heterocycles. The zero-order chi connectivity index (χ0) is 21.2. The topological polar surface area (TPSA) is 80.1 Å². The number of pyridine rings is 1. The van der Waals surface area contributed by atoms with Crippen LogP contribution in [0.25, 0.3) is 11.0 Å². The van der Waals surface area contributed by atoms with Gasteiger partial charge in [-0.3, -0.25) is 4.98 Å². The quantitative estimate of drug-likeness (QED) is 0.486. The van der Waals surface area contributed by atoms with Crippen LogP contribution in [0.4, 0.5) is 5.69 Å². The number of benzene rings is 2. The summed E-state index contributed by atoms with van der Waals surface area (Å²) in [5.74, 6) is 1.74. The number of aromatic amines is 1. The molecule has 0 aliphatic heterocycles. The van der Waals surface area contributed by atoms with Gasteiger partial charge in [0, 0.05) is 24.0 Å². The number of anilines is 1. The smallest absolute Gasteiger partial charge is 0.126 e. The van der Waals surface area contributed by atoms with Crippen molar-refractivity contribution < 1.29 is 4.74 Å². The number of hydrogen-bond donors (Lipinski definition) is 2. The van der Waals surface area contributed by atoms with Gasteiger partial charge in [0.2, 0.25) is 0 Å². The summed E-state index contributed by atoms with van der Waals surface area (Å²) in [5, 5.41) is 0. The molecule has 6 nitrogen and oxygen atoms in total. The predicted molar refractivity (Wildman–Crippen MR) is 123 cm³/mol. The molecule has 31 heavy (non-hydrogen) atoms. The number of para-hydroxylation sites is 2. The van der Waals surface area contributed by atoms with Crippen LogP contribution >= 0.6 is 0 Å². The Balaban J connectivity index is 1.63. The number of rotatable bonds is 6. The van der Waals surface area contributed by atoms with Crippen LogP contribution in [0.5, 0.6) is 5.75 Å². The summed E-state index contributed by atoms with van der Waals surface area (Å²) in [4.78, 5) is 15.5. The minimum absolute atomic E-state index is 0.149. The summed E-state index contributed by atoms with van der Waals surface area (Å²) in [5.41, 5.74) is 12.8. The highest BCUT2D eigenvalue weighted by atomic mass is 16.5. The van der Waals surface area contributed by atoms with E-state index in [0.717, 1.165) is 58.8 Å². The molecule has 3 N–H and O–H groups in total. The van der Waals surface area contributed by atoms with E-state index in [1.54, 1.807) is 7.11 Å². The Hall–Kier alpha value is -3.38. The number of hydrogen-bond acceptors (Lipinski definition) is 5. The molecule has 0 radical (unpaired) electrons. The van der Waals surface area contributed by atoms with Gasteiger partial charge in [0.25, 0.3) is 0 Å². The highest BCUT2D eigenvalue weighted by Crippen LogP contribution is 2.40. The number of nitrogens with two attached hydrogens (primary N) is 1. The molecule has 4 aromatic rings. The van der Waals surface area contributed by atoms with Crippen molar-refractivity contribution in [3.8, 4) is 5.75 Å². The maximum atomic E-state index is 6.20. The van der Waals surface area contributed by atoms with E-state index in [1.165, 1.54) is 5.56 Å². The van der Waals surface area contributed by atoms with Gasteiger partial charge in [-0.15, -0.1) is 0 Å². The Kier molecular flexibility index (Phi) is 5.30. The summed E-state index contributed by atoms with van der Waals surface area (Å²) in [6.45, 7) is 1.04. The fraction of sp³-hybridized carbons (Fsp3) is 0.280. The Bertz CT molecular complexity index is 1170. The first-order valence-electron chi connectivity index (χ1n) is 10.8. The molecule has 0 spiro atoms. The molecule has 1 unspecified atom stereocenters. The lowest BCUT2D eigenvalue weighted by molar-refractivity contribution is 0.409. The maximum absolute atomic E-state index is 6.20. The molecule has 0 fully saturated rings. The molecule has 158 valence electrons. The standard InChI is InChI=1S/C25H27N5O/c1-31-23-13-5-11-21(18(23)15-26)30(16-24-28-19-9-2-3-10-20(19)29-24)22-12-4-7-17-8-6-14-27-25(17)22/h2-3,5-6,8-11,13-14,22H,4,7,12,15-16,26H2,1H3,(H,28,29). The van der Waals surface area contributed by atoms with E-state index in [-0.39, 0.29) is 6.04 Å². The van der Waals surface area contributed by atoms with E-state index >= 15 is 0 Å². The Morgan fingerprint density at radius 3 is 2.87 bits per heavy atom. The number of methoxy groups -OCH3 is 1. The third-order valence-corrected chi connectivity index (χ3v) is 6.14. The van der Waals surface area contributed by atoms with Crippen LogP contribution in [0.3, 0.4) is 0 Å². The van der Waals surface area contributed by atoms with E-state index in [2.05, 4.69) is 28.1 Å². The second-order valence-electron chi connectivity index (χ2n) is 7.95. The summed E-state index contributed by atoms with van der Waals surface area (Å²) in [6, 6.07) is 18.6. The first-order valence-corrected chi connectivity index (χ1v) is 10.8. The Morgan fingerprint density at radius 1 is 1.13 bits per heavy atom. The number of fused-ring (bicyclic) bond motifs is 2. The summed E-state index contributed by atoms with van der Waals surface area (Å²) in [7, 11) is 1.69. The summed E-state index contributed by atoms with van der Waals surface area (Å²) in [6.07, 6.45) is 5.12. The number of aromatic nitrogens is 3. The number of nitrogens with one attached hydrogen (secondary N) is 1. The minimum Gasteiger partial charge on any atom is -0.496 e.